The number of carbonyl (C=O) groups is 3. The maximum Gasteiger partial charge on any atom is 0.328 e. The number of hydrogen-bond donors (Lipinski definition) is 4. The lowest BCUT2D eigenvalue weighted by atomic mass is 10.1. The van der Waals surface area contributed by atoms with Crippen LogP contribution in [-0.4, -0.2) is 49.1 Å². The van der Waals surface area contributed by atoms with Gasteiger partial charge in [-0.2, -0.15) is 0 Å². The number of rotatable bonds is 8. The second-order valence-electron chi connectivity index (χ2n) is 6.27. The van der Waals surface area contributed by atoms with E-state index in [1.165, 1.54) is 32.2 Å². The van der Waals surface area contributed by atoms with E-state index in [2.05, 4.69) is 20.4 Å². The van der Waals surface area contributed by atoms with Crippen LogP contribution in [0.2, 0.25) is 10.0 Å². The van der Waals surface area contributed by atoms with E-state index in [-0.39, 0.29) is 52.6 Å². The summed E-state index contributed by atoms with van der Waals surface area (Å²) < 4.78 is 10.2. The molecule has 170 valence electrons. The Kier molecular flexibility index (Phi) is 10.1. The van der Waals surface area contributed by atoms with Crippen molar-refractivity contribution in [3.8, 4) is 5.75 Å². The predicted molar refractivity (Wildman–Crippen MR) is 121 cm³/mol. The Morgan fingerprint density at radius 3 is 2.42 bits per heavy atom. The van der Waals surface area contributed by atoms with Gasteiger partial charge in [-0.25, -0.2) is 4.79 Å². The van der Waals surface area contributed by atoms with Crippen LogP contribution in [0.4, 0.5) is 5.69 Å². The first-order valence-electron chi connectivity index (χ1n) is 8.90. The summed E-state index contributed by atoms with van der Waals surface area (Å²) in [6, 6.07) is 3.56. The summed E-state index contributed by atoms with van der Waals surface area (Å²) in [5.74, 6) is -1.41. The number of nitrogens with two attached hydrogens (primary N) is 1. The standard InChI is InChI=1S/C19H22Cl2N4O5.ClH/c1-9-14(20)15(21)16(23-9)18(27)25-12-5-4-11(8-13(12)30-7-6-22)17(26)24-10(2)19(28)29-3;/h4-5,8,10,23H,6-7,22H2,1-3H3,(H,24,26)(H,25,27);1H/t10-;/m0./s1. The Hall–Kier alpha value is -2.46. The molecule has 0 fully saturated rings. The predicted octanol–water partition coefficient (Wildman–Crippen LogP) is 2.93. The summed E-state index contributed by atoms with van der Waals surface area (Å²) in [5.41, 5.74) is 6.65. The topological polar surface area (TPSA) is 136 Å². The summed E-state index contributed by atoms with van der Waals surface area (Å²) in [6.07, 6.45) is 0. The third kappa shape index (κ3) is 6.51. The molecule has 31 heavy (non-hydrogen) atoms. The Bertz CT molecular complexity index is 964. The van der Waals surface area contributed by atoms with Crippen LogP contribution in [-0.2, 0) is 9.53 Å². The van der Waals surface area contributed by atoms with Gasteiger partial charge >= 0.3 is 5.97 Å². The van der Waals surface area contributed by atoms with E-state index in [4.69, 9.17) is 33.7 Å². The van der Waals surface area contributed by atoms with Crippen molar-refractivity contribution in [3.63, 3.8) is 0 Å². The fourth-order valence-corrected chi connectivity index (χ4v) is 2.90. The Balaban J connectivity index is 0.00000480. The average molecular weight is 494 g/mol. The minimum Gasteiger partial charge on any atom is -0.490 e. The van der Waals surface area contributed by atoms with E-state index in [1.54, 1.807) is 6.92 Å². The fraction of sp³-hybridized carbons (Fsp3) is 0.316. The molecular weight excluding hydrogens is 471 g/mol. The molecule has 5 N–H and O–H groups in total. The van der Waals surface area contributed by atoms with Crippen molar-refractivity contribution in [1.82, 2.24) is 10.3 Å². The normalized spacial score (nSPS) is 11.2. The SMILES string of the molecule is COC(=O)[C@H](C)NC(=O)c1ccc(NC(=O)c2[nH]c(C)c(Cl)c2Cl)c(OCCN)c1.Cl. The zero-order chi connectivity index (χ0) is 22.4. The molecule has 0 aliphatic heterocycles. The molecule has 0 saturated heterocycles. The van der Waals surface area contributed by atoms with Crippen LogP contribution in [0.5, 0.6) is 5.75 Å². The highest BCUT2D eigenvalue weighted by molar-refractivity contribution is 6.44. The average Bonchev–Trinajstić information content (AvgIpc) is 2.99. The van der Waals surface area contributed by atoms with Crippen LogP contribution in [0.15, 0.2) is 18.2 Å². The van der Waals surface area contributed by atoms with Gasteiger partial charge in [0.1, 0.15) is 24.1 Å². The second-order valence-corrected chi connectivity index (χ2v) is 7.03. The maximum atomic E-state index is 12.6. The van der Waals surface area contributed by atoms with Gasteiger partial charge in [0.2, 0.25) is 0 Å². The lowest BCUT2D eigenvalue weighted by Gasteiger charge is -2.15. The minimum absolute atomic E-state index is 0. The van der Waals surface area contributed by atoms with Crippen molar-refractivity contribution in [3.05, 3.63) is 45.2 Å². The monoisotopic (exact) mass is 492 g/mol. The number of carbonyl (C=O) groups excluding carboxylic acids is 3. The molecule has 2 rings (SSSR count). The molecule has 0 aliphatic rings. The van der Waals surface area contributed by atoms with Crippen LogP contribution >= 0.6 is 35.6 Å². The first-order chi connectivity index (χ1) is 14.2. The fourth-order valence-electron chi connectivity index (χ4n) is 2.48. The third-order valence-electron chi connectivity index (χ3n) is 4.05. The number of halogens is 3. The molecule has 1 heterocycles. The third-order valence-corrected chi connectivity index (χ3v) is 5.00. The van der Waals surface area contributed by atoms with Crippen LogP contribution in [0, 0.1) is 6.92 Å². The molecule has 2 aromatic rings. The highest BCUT2D eigenvalue weighted by atomic mass is 35.5. The molecule has 1 aromatic heterocycles. The Morgan fingerprint density at radius 2 is 1.87 bits per heavy atom. The van der Waals surface area contributed by atoms with E-state index >= 15 is 0 Å². The number of aromatic amines is 1. The van der Waals surface area contributed by atoms with Gasteiger partial charge in [-0.15, -0.1) is 12.4 Å². The Morgan fingerprint density at radius 1 is 1.19 bits per heavy atom. The number of esters is 1. The highest BCUT2D eigenvalue weighted by Gasteiger charge is 2.21. The van der Waals surface area contributed by atoms with Crippen LogP contribution < -0.4 is 21.1 Å². The van der Waals surface area contributed by atoms with Gasteiger partial charge in [0.15, 0.2) is 0 Å². The number of hydrogen-bond acceptors (Lipinski definition) is 6. The zero-order valence-corrected chi connectivity index (χ0v) is 19.3. The summed E-state index contributed by atoms with van der Waals surface area (Å²) in [6.45, 7) is 3.56. The van der Waals surface area contributed by atoms with E-state index in [0.29, 0.717) is 11.4 Å². The molecule has 0 radical (unpaired) electrons. The molecule has 12 heteroatoms. The number of anilines is 1. The molecule has 0 unspecified atom stereocenters. The highest BCUT2D eigenvalue weighted by Crippen LogP contribution is 2.31. The number of aryl methyl sites for hydroxylation is 1. The van der Waals surface area contributed by atoms with Gasteiger partial charge in [-0.1, -0.05) is 23.2 Å². The van der Waals surface area contributed by atoms with E-state index in [1.807, 2.05) is 0 Å². The van der Waals surface area contributed by atoms with E-state index < -0.39 is 23.8 Å². The van der Waals surface area contributed by atoms with Crippen LogP contribution in [0.3, 0.4) is 0 Å². The lowest BCUT2D eigenvalue weighted by molar-refractivity contribution is -0.142. The van der Waals surface area contributed by atoms with Gasteiger partial charge in [0, 0.05) is 17.8 Å². The van der Waals surface area contributed by atoms with Crippen molar-refractivity contribution in [2.24, 2.45) is 5.73 Å². The quantitative estimate of drug-likeness (QED) is 0.418. The van der Waals surface area contributed by atoms with Crippen molar-refractivity contribution in [2.45, 2.75) is 19.9 Å². The number of amides is 2. The molecular formula is C19H23Cl3N4O5. The van der Waals surface area contributed by atoms with Gasteiger partial charge in [-0.3, -0.25) is 9.59 Å². The molecule has 0 saturated carbocycles. The number of H-pyrrole nitrogens is 1. The first-order valence-corrected chi connectivity index (χ1v) is 9.65. The number of aromatic nitrogens is 1. The van der Waals surface area contributed by atoms with Crippen LogP contribution in [0.25, 0.3) is 0 Å². The van der Waals surface area contributed by atoms with Crippen molar-refractivity contribution < 1.29 is 23.9 Å². The van der Waals surface area contributed by atoms with Gasteiger partial charge in [0.05, 0.1) is 22.8 Å². The van der Waals surface area contributed by atoms with Crippen molar-refractivity contribution in [2.75, 3.05) is 25.6 Å². The number of benzene rings is 1. The van der Waals surface area contributed by atoms with Crippen molar-refractivity contribution >= 4 is 59.1 Å². The van der Waals surface area contributed by atoms with Crippen LogP contribution in [0.1, 0.15) is 33.5 Å². The summed E-state index contributed by atoms with van der Waals surface area (Å²) >= 11 is 12.1. The van der Waals surface area contributed by atoms with Crippen molar-refractivity contribution in [1.29, 1.82) is 0 Å². The Labute approximate surface area is 195 Å². The summed E-state index contributed by atoms with van der Waals surface area (Å²) in [7, 11) is 1.23. The summed E-state index contributed by atoms with van der Waals surface area (Å²) in [4.78, 5) is 39.3. The molecule has 1 atom stereocenters. The maximum absolute atomic E-state index is 12.6. The molecule has 1 aromatic carbocycles. The van der Waals surface area contributed by atoms with E-state index in [9.17, 15) is 14.4 Å². The van der Waals surface area contributed by atoms with E-state index in [0.717, 1.165) is 0 Å². The molecule has 0 spiro atoms. The van der Waals surface area contributed by atoms with Gasteiger partial charge < -0.3 is 30.8 Å². The number of ether oxygens (including phenoxy) is 2. The molecule has 2 amide bonds. The number of nitrogens with one attached hydrogen (secondary N) is 3. The minimum atomic E-state index is -0.835. The van der Waals surface area contributed by atoms with Gasteiger partial charge in [0.25, 0.3) is 11.8 Å². The second kappa shape index (κ2) is 11.8. The molecule has 9 nitrogen and oxygen atoms in total. The largest absolute Gasteiger partial charge is 0.490 e. The molecule has 0 bridgehead atoms. The smallest absolute Gasteiger partial charge is 0.328 e. The summed E-state index contributed by atoms with van der Waals surface area (Å²) in [5, 5.41) is 5.54. The van der Waals surface area contributed by atoms with Gasteiger partial charge in [-0.05, 0) is 32.0 Å². The molecule has 0 aliphatic carbocycles. The lowest BCUT2D eigenvalue weighted by Crippen LogP contribution is -2.39. The first kappa shape index (κ1) is 26.6. The number of methoxy groups -OCH3 is 1. The zero-order valence-electron chi connectivity index (χ0n) is 17.0.